The highest BCUT2D eigenvalue weighted by Crippen LogP contribution is 2.26. The zero-order valence-corrected chi connectivity index (χ0v) is 46.0. The van der Waals surface area contributed by atoms with Crippen molar-refractivity contribution in [2.75, 3.05) is 13.2 Å². The second kappa shape index (κ2) is 49.2. The smallest absolute Gasteiger partial charge is 0.306 e. The molecule has 0 bridgehead atoms. The molecule has 6 N–H and O–H groups in total. The number of carbonyl (C=O) groups excluding carboxylic acids is 2. The molecular weight excluding hydrogens is 907 g/mol. The highest BCUT2D eigenvalue weighted by Gasteiger charge is 2.47. The molecule has 1 fully saturated rings. The summed E-state index contributed by atoms with van der Waals surface area (Å²) in [6, 6.07) is -1.03. The van der Waals surface area contributed by atoms with Crippen LogP contribution in [0.15, 0.2) is 60.8 Å². The molecule has 1 amide bonds. The van der Waals surface area contributed by atoms with Gasteiger partial charge in [-0.15, -0.1) is 0 Å². The van der Waals surface area contributed by atoms with Crippen molar-refractivity contribution in [3.8, 4) is 0 Å². The SMILES string of the molecule is CCCCC/C=C\C/C=C\C/C=C\C/C=C\CCCCCCCC(=O)OC1C(OCC(NC(=O)C(O)CCCCCCCCCCCC)C(O)/C=C/CCCCCCCCCCCC)OC(CO)C(O)C1O. The van der Waals surface area contributed by atoms with Crippen LogP contribution >= 0.6 is 0 Å². The van der Waals surface area contributed by atoms with Gasteiger partial charge in [-0.3, -0.25) is 9.59 Å². The van der Waals surface area contributed by atoms with Gasteiger partial charge in [0.25, 0.3) is 0 Å². The Kier molecular flexibility index (Phi) is 46.1. The van der Waals surface area contributed by atoms with Crippen molar-refractivity contribution in [3.63, 3.8) is 0 Å². The third kappa shape index (κ3) is 37.1. The van der Waals surface area contributed by atoms with Crippen molar-refractivity contribution in [1.82, 2.24) is 5.32 Å². The largest absolute Gasteiger partial charge is 0.454 e. The number of hydrogen-bond acceptors (Lipinski definition) is 10. The van der Waals surface area contributed by atoms with Gasteiger partial charge in [-0.1, -0.05) is 236 Å². The monoisotopic (exact) mass is 1020 g/mol. The Balaban J connectivity index is 2.68. The Hall–Kier alpha value is -2.64. The van der Waals surface area contributed by atoms with Crippen LogP contribution in [0.3, 0.4) is 0 Å². The molecule has 1 rings (SSSR count). The molecule has 0 aromatic rings. The van der Waals surface area contributed by atoms with Gasteiger partial charge in [-0.05, 0) is 70.6 Å². The molecule has 0 spiro atoms. The van der Waals surface area contributed by atoms with Gasteiger partial charge in [0.05, 0.1) is 25.4 Å². The number of hydrogen-bond donors (Lipinski definition) is 6. The first-order valence-electron chi connectivity index (χ1n) is 29.6. The summed E-state index contributed by atoms with van der Waals surface area (Å²) in [7, 11) is 0. The van der Waals surface area contributed by atoms with Gasteiger partial charge in [-0.2, -0.15) is 0 Å². The fraction of sp³-hybridized carbons (Fsp3) is 0.803. The number of amides is 1. The third-order valence-corrected chi connectivity index (χ3v) is 13.7. The molecule has 0 aromatic heterocycles. The average Bonchev–Trinajstić information content (AvgIpc) is 3.38. The summed E-state index contributed by atoms with van der Waals surface area (Å²) in [5.41, 5.74) is 0. The average molecular weight is 1020 g/mol. The van der Waals surface area contributed by atoms with Gasteiger partial charge in [0, 0.05) is 6.42 Å². The maximum absolute atomic E-state index is 13.3. The Morgan fingerprint density at radius 2 is 0.958 bits per heavy atom. The van der Waals surface area contributed by atoms with E-state index in [1.807, 2.05) is 6.08 Å². The second-order valence-electron chi connectivity index (χ2n) is 20.4. The summed E-state index contributed by atoms with van der Waals surface area (Å²) in [6.45, 7) is 5.72. The number of rotatable bonds is 49. The predicted octanol–water partition coefficient (Wildman–Crippen LogP) is 13.4. The number of carbonyl (C=O) groups is 2. The summed E-state index contributed by atoms with van der Waals surface area (Å²) in [5.74, 6) is -1.21. The van der Waals surface area contributed by atoms with Crippen molar-refractivity contribution in [2.45, 2.75) is 301 Å². The zero-order valence-electron chi connectivity index (χ0n) is 46.0. The van der Waals surface area contributed by atoms with Gasteiger partial charge >= 0.3 is 5.97 Å². The lowest BCUT2D eigenvalue weighted by Gasteiger charge is -2.41. The summed E-state index contributed by atoms with van der Waals surface area (Å²) < 4.78 is 17.6. The molecule has 0 radical (unpaired) electrons. The highest BCUT2D eigenvalue weighted by molar-refractivity contribution is 5.80. The van der Waals surface area contributed by atoms with E-state index in [9.17, 15) is 35.1 Å². The van der Waals surface area contributed by atoms with E-state index in [1.54, 1.807) is 6.08 Å². The zero-order chi connectivity index (χ0) is 52.5. The molecule has 1 heterocycles. The fourth-order valence-corrected chi connectivity index (χ4v) is 8.93. The number of allylic oxidation sites excluding steroid dienone is 9. The molecule has 418 valence electrons. The van der Waals surface area contributed by atoms with Crippen molar-refractivity contribution in [1.29, 1.82) is 0 Å². The van der Waals surface area contributed by atoms with Crippen LogP contribution in [0.5, 0.6) is 0 Å². The van der Waals surface area contributed by atoms with Crippen molar-refractivity contribution < 1.29 is 49.3 Å². The Bertz CT molecular complexity index is 1400. The lowest BCUT2D eigenvalue weighted by Crippen LogP contribution is -2.61. The minimum Gasteiger partial charge on any atom is -0.454 e. The molecule has 0 aromatic carbocycles. The third-order valence-electron chi connectivity index (χ3n) is 13.7. The molecule has 1 saturated heterocycles. The van der Waals surface area contributed by atoms with E-state index in [4.69, 9.17) is 14.2 Å². The number of unbranched alkanes of at least 4 members (excludes halogenated alkanes) is 27. The Morgan fingerprint density at radius 1 is 0.542 bits per heavy atom. The van der Waals surface area contributed by atoms with E-state index >= 15 is 0 Å². The topological polar surface area (TPSA) is 175 Å². The van der Waals surface area contributed by atoms with E-state index in [1.165, 1.54) is 116 Å². The minimum atomic E-state index is -1.62. The summed E-state index contributed by atoms with van der Waals surface area (Å²) in [4.78, 5) is 26.4. The molecule has 8 atom stereocenters. The second-order valence-corrected chi connectivity index (χ2v) is 20.4. The highest BCUT2D eigenvalue weighted by atomic mass is 16.7. The van der Waals surface area contributed by atoms with Crippen LogP contribution in [-0.4, -0.2) is 99.6 Å². The van der Waals surface area contributed by atoms with E-state index < -0.39 is 67.4 Å². The van der Waals surface area contributed by atoms with Gasteiger partial charge in [-0.25, -0.2) is 0 Å². The first-order chi connectivity index (χ1) is 35.2. The van der Waals surface area contributed by atoms with Crippen LogP contribution < -0.4 is 5.32 Å². The maximum atomic E-state index is 13.3. The van der Waals surface area contributed by atoms with Crippen LogP contribution in [0, 0.1) is 0 Å². The van der Waals surface area contributed by atoms with E-state index in [-0.39, 0.29) is 13.0 Å². The molecule has 0 saturated carbocycles. The predicted molar refractivity (Wildman–Crippen MR) is 296 cm³/mol. The van der Waals surface area contributed by atoms with Crippen LogP contribution in [-0.2, 0) is 23.8 Å². The maximum Gasteiger partial charge on any atom is 0.306 e. The van der Waals surface area contributed by atoms with Crippen LogP contribution in [0.1, 0.15) is 252 Å². The van der Waals surface area contributed by atoms with Crippen LogP contribution in [0.4, 0.5) is 0 Å². The quantitative estimate of drug-likeness (QED) is 0.0195. The van der Waals surface area contributed by atoms with Crippen LogP contribution in [0.2, 0.25) is 0 Å². The molecule has 8 unspecified atom stereocenters. The molecule has 1 aliphatic rings. The van der Waals surface area contributed by atoms with Crippen molar-refractivity contribution in [2.24, 2.45) is 0 Å². The number of nitrogens with one attached hydrogen (secondary N) is 1. The van der Waals surface area contributed by atoms with Gasteiger partial charge in [0.1, 0.15) is 24.4 Å². The molecular formula is C61H109NO10. The standard InChI is InChI=1S/C61H109NO10/c1-4-7-10-13-16-19-22-24-25-26-27-28-29-30-31-32-34-37-40-43-46-49-56(66)72-59-58(68)57(67)55(50-63)71-61(59)70-51-52(53(64)47-44-41-38-36-33-23-20-17-14-11-8-5-2)62-60(69)54(65)48-45-42-39-35-21-18-15-12-9-6-3/h16,19,24-25,27-28,30-31,44,47,52-55,57-59,61,63-65,67-68H,4-15,17-18,20-23,26,29,32-43,45-46,48-51H2,1-3H3,(H,62,69)/b19-16-,25-24-,28-27-,31-30-,47-44+. The number of ether oxygens (including phenoxy) is 3. The summed E-state index contributed by atoms with van der Waals surface area (Å²) >= 11 is 0. The number of aliphatic hydroxyl groups is 5. The van der Waals surface area contributed by atoms with Gasteiger partial charge < -0.3 is 45.1 Å². The molecule has 0 aliphatic carbocycles. The Morgan fingerprint density at radius 3 is 1.46 bits per heavy atom. The van der Waals surface area contributed by atoms with E-state index in [0.717, 1.165) is 89.9 Å². The molecule has 1 aliphatic heterocycles. The fourth-order valence-electron chi connectivity index (χ4n) is 8.93. The lowest BCUT2D eigenvalue weighted by molar-refractivity contribution is -0.305. The molecule has 72 heavy (non-hydrogen) atoms. The van der Waals surface area contributed by atoms with Crippen molar-refractivity contribution in [3.05, 3.63) is 60.8 Å². The normalized spacial score (nSPS) is 19.9. The van der Waals surface area contributed by atoms with Gasteiger partial charge in [0.2, 0.25) is 5.91 Å². The minimum absolute atomic E-state index is 0.102. The first-order valence-corrected chi connectivity index (χ1v) is 29.6. The van der Waals surface area contributed by atoms with Crippen LogP contribution in [0.25, 0.3) is 0 Å². The number of aliphatic hydroxyl groups excluding tert-OH is 5. The lowest BCUT2D eigenvalue weighted by atomic mass is 9.99. The van der Waals surface area contributed by atoms with Crippen molar-refractivity contribution >= 4 is 11.9 Å². The molecule has 11 heteroatoms. The summed E-state index contributed by atoms with van der Waals surface area (Å²) in [5, 5.41) is 56.8. The van der Waals surface area contributed by atoms with E-state index in [2.05, 4.69) is 74.7 Å². The summed E-state index contributed by atoms with van der Waals surface area (Å²) in [6.07, 6.45) is 49.8. The Labute approximate surface area is 439 Å². The van der Waals surface area contributed by atoms with Gasteiger partial charge in [0.15, 0.2) is 12.4 Å². The first kappa shape index (κ1) is 67.4. The molecule has 11 nitrogen and oxygen atoms in total. The number of esters is 1. The van der Waals surface area contributed by atoms with E-state index in [0.29, 0.717) is 19.3 Å².